The first kappa shape index (κ1) is 9.35. The van der Waals surface area contributed by atoms with Crippen molar-refractivity contribution in [2.45, 2.75) is 19.3 Å². The van der Waals surface area contributed by atoms with E-state index < -0.39 is 0 Å². The minimum atomic E-state index is 0.672. The van der Waals surface area contributed by atoms with Gasteiger partial charge in [-0.15, -0.1) is 11.3 Å². The highest BCUT2D eigenvalue weighted by Gasteiger charge is 2.21. The third kappa shape index (κ3) is 1.34. The first-order valence-electron chi connectivity index (χ1n) is 4.76. The fourth-order valence-corrected chi connectivity index (χ4v) is 3.03. The van der Waals surface area contributed by atoms with Crippen LogP contribution in [0.4, 0.5) is 10.7 Å². The Kier molecular flexibility index (Phi) is 2.34. The van der Waals surface area contributed by atoms with Crippen LogP contribution in [0.15, 0.2) is 0 Å². The number of nitrogens with two attached hydrogens (primary N) is 1. The van der Waals surface area contributed by atoms with Crippen LogP contribution in [-0.2, 0) is 6.42 Å². The van der Waals surface area contributed by atoms with Crippen LogP contribution in [0.25, 0.3) is 0 Å². The second kappa shape index (κ2) is 3.50. The minimum absolute atomic E-state index is 0.672. The molecule has 0 aliphatic carbocycles. The Hall–Kier alpha value is -1.21. The van der Waals surface area contributed by atoms with Gasteiger partial charge in [0.1, 0.15) is 16.6 Å². The van der Waals surface area contributed by atoms with E-state index >= 15 is 0 Å². The predicted molar refractivity (Wildman–Crippen MR) is 59.7 cm³/mol. The van der Waals surface area contributed by atoms with Crippen molar-refractivity contribution in [3.63, 3.8) is 0 Å². The van der Waals surface area contributed by atoms with Crippen LogP contribution >= 0.6 is 11.3 Å². The zero-order chi connectivity index (χ0) is 10.1. The summed E-state index contributed by atoms with van der Waals surface area (Å²) in [5.74, 6) is 0. The molecule has 1 aliphatic heterocycles. The number of aryl methyl sites for hydroxylation is 1. The molecule has 0 fully saturated rings. The van der Waals surface area contributed by atoms with Gasteiger partial charge in [0.2, 0.25) is 0 Å². The van der Waals surface area contributed by atoms with Gasteiger partial charge in [0, 0.05) is 18.5 Å². The van der Waals surface area contributed by atoms with Crippen molar-refractivity contribution in [3.8, 4) is 6.07 Å². The molecule has 4 heteroatoms. The number of thiophene rings is 1. The number of hydrogen-bond donors (Lipinski definition) is 1. The smallest absolute Gasteiger partial charge is 0.110 e. The van der Waals surface area contributed by atoms with E-state index in [0.717, 1.165) is 18.7 Å². The molecule has 0 unspecified atom stereocenters. The van der Waals surface area contributed by atoms with Crippen molar-refractivity contribution in [2.24, 2.45) is 0 Å². The van der Waals surface area contributed by atoms with Crippen molar-refractivity contribution in [1.29, 1.82) is 5.26 Å². The highest BCUT2D eigenvalue weighted by Crippen LogP contribution is 2.39. The third-order valence-corrected chi connectivity index (χ3v) is 3.69. The Labute approximate surface area is 87.7 Å². The van der Waals surface area contributed by atoms with E-state index in [4.69, 9.17) is 11.0 Å². The van der Waals surface area contributed by atoms with Crippen LogP contribution in [0.2, 0.25) is 0 Å². The molecule has 1 aromatic rings. The molecule has 1 aromatic heterocycles. The monoisotopic (exact) mass is 207 g/mol. The lowest BCUT2D eigenvalue weighted by molar-refractivity contribution is 0.752. The average molecular weight is 207 g/mol. The Balaban J connectivity index is 2.55. The first-order valence-corrected chi connectivity index (χ1v) is 5.58. The van der Waals surface area contributed by atoms with Crippen molar-refractivity contribution in [3.05, 3.63) is 10.4 Å². The number of nitrogen functional groups attached to an aromatic ring is 1. The number of fused-ring (bicyclic) bond motifs is 1. The minimum Gasteiger partial charge on any atom is -0.389 e. The zero-order valence-corrected chi connectivity index (χ0v) is 9.02. The number of rotatable bonds is 0. The summed E-state index contributed by atoms with van der Waals surface area (Å²) in [6, 6.07) is 2.21. The van der Waals surface area contributed by atoms with Crippen molar-refractivity contribution < 1.29 is 0 Å². The summed E-state index contributed by atoms with van der Waals surface area (Å²) in [6.45, 7) is 1.03. The lowest BCUT2D eigenvalue weighted by Gasteiger charge is -2.16. The highest BCUT2D eigenvalue weighted by molar-refractivity contribution is 7.16. The molecular weight excluding hydrogens is 194 g/mol. The van der Waals surface area contributed by atoms with Crippen molar-refractivity contribution in [2.75, 3.05) is 24.2 Å². The first-order chi connectivity index (χ1) is 6.74. The van der Waals surface area contributed by atoms with Crippen LogP contribution in [0.5, 0.6) is 0 Å². The second-order valence-electron chi connectivity index (χ2n) is 3.60. The SMILES string of the molecule is CN1CCCCc2sc(N)c(C#N)c21. The van der Waals surface area contributed by atoms with E-state index in [1.807, 2.05) is 7.05 Å². The standard InChI is InChI=1S/C10H13N3S/c1-13-5-3-2-4-8-9(13)7(6-11)10(12)14-8/h2-5,12H2,1H3. The molecule has 14 heavy (non-hydrogen) atoms. The third-order valence-electron chi connectivity index (χ3n) is 2.62. The number of nitriles is 1. The van der Waals surface area contributed by atoms with E-state index in [9.17, 15) is 0 Å². The van der Waals surface area contributed by atoms with Crippen molar-refractivity contribution >= 4 is 22.0 Å². The summed E-state index contributed by atoms with van der Waals surface area (Å²) >= 11 is 1.57. The Morgan fingerprint density at radius 1 is 1.50 bits per heavy atom. The van der Waals surface area contributed by atoms with Crippen molar-refractivity contribution in [1.82, 2.24) is 0 Å². The molecule has 2 rings (SSSR count). The second-order valence-corrected chi connectivity index (χ2v) is 4.74. The predicted octanol–water partition coefficient (Wildman–Crippen LogP) is 1.97. The molecule has 0 amide bonds. The fourth-order valence-electron chi connectivity index (χ4n) is 1.92. The molecule has 0 saturated carbocycles. The lowest BCUT2D eigenvalue weighted by atomic mass is 10.2. The van der Waals surface area contributed by atoms with Gasteiger partial charge in [0.25, 0.3) is 0 Å². The van der Waals surface area contributed by atoms with E-state index in [1.54, 1.807) is 11.3 Å². The fraction of sp³-hybridized carbons (Fsp3) is 0.500. The highest BCUT2D eigenvalue weighted by atomic mass is 32.1. The van der Waals surface area contributed by atoms with Gasteiger partial charge < -0.3 is 10.6 Å². The van der Waals surface area contributed by atoms with E-state index in [1.165, 1.54) is 17.7 Å². The molecule has 2 N–H and O–H groups in total. The van der Waals surface area contributed by atoms with Crippen LogP contribution in [0, 0.1) is 11.3 Å². The van der Waals surface area contributed by atoms with Crippen LogP contribution in [0.1, 0.15) is 23.3 Å². The molecule has 0 spiro atoms. The maximum absolute atomic E-state index is 9.02. The molecule has 0 bridgehead atoms. The van der Waals surface area contributed by atoms with Gasteiger partial charge in [-0.05, 0) is 19.3 Å². The topological polar surface area (TPSA) is 53.0 Å². The van der Waals surface area contributed by atoms with Gasteiger partial charge in [-0.2, -0.15) is 5.26 Å². The normalized spacial score (nSPS) is 15.9. The van der Waals surface area contributed by atoms with Gasteiger partial charge in [-0.3, -0.25) is 0 Å². The molecule has 0 aromatic carbocycles. The molecular formula is C10H13N3S. The number of anilines is 2. The van der Waals surface area contributed by atoms with Gasteiger partial charge in [0.05, 0.1) is 5.69 Å². The Morgan fingerprint density at radius 3 is 3.00 bits per heavy atom. The summed E-state index contributed by atoms with van der Waals surface area (Å²) in [7, 11) is 2.04. The largest absolute Gasteiger partial charge is 0.389 e. The summed E-state index contributed by atoms with van der Waals surface area (Å²) in [4.78, 5) is 3.44. The maximum atomic E-state index is 9.02. The number of nitrogens with zero attached hydrogens (tertiary/aromatic N) is 2. The van der Waals surface area contributed by atoms with Gasteiger partial charge in [-0.1, -0.05) is 0 Å². The Morgan fingerprint density at radius 2 is 2.29 bits per heavy atom. The van der Waals surface area contributed by atoms with Gasteiger partial charge in [-0.25, -0.2) is 0 Å². The Bertz CT molecular complexity index is 389. The molecule has 1 aliphatic rings. The quantitative estimate of drug-likeness (QED) is 0.707. The lowest BCUT2D eigenvalue weighted by Crippen LogP contribution is -2.18. The molecule has 3 nitrogen and oxygen atoms in total. The summed E-state index contributed by atoms with van der Waals surface area (Å²) in [6.07, 6.45) is 3.46. The van der Waals surface area contributed by atoms with Crippen LogP contribution < -0.4 is 10.6 Å². The summed E-state index contributed by atoms with van der Waals surface area (Å²) in [5.41, 5.74) is 7.57. The van der Waals surface area contributed by atoms with Crippen LogP contribution in [0.3, 0.4) is 0 Å². The van der Waals surface area contributed by atoms with E-state index in [-0.39, 0.29) is 0 Å². The maximum Gasteiger partial charge on any atom is 0.110 e. The van der Waals surface area contributed by atoms with E-state index in [0.29, 0.717) is 10.6 Å². The van der Waals surface area contributed by atoms with Gasteiger partial charge >= 0.3 is 0 Å². The van der Waals surface area contributed by atoms with E-state index in [2.05, 4.69) is 11.0 Å². The zero-order valence-electron chi connectivity index (χ0n) is 8.21. The average Bonchev–Trinajstić information content (AvgIpc) is 2.38. The molecule has 0 atom stereocenters. The van der Waals surface area contributed by atoms with Gasteiger partial charge in [0.15, 0.2) is 0 Å². The molecule has 0 saturated heterocycles. The number of hydrogen-bond acceptors (Lipinski definition) is 4. The molecule has 0 radical (unpaired) electrons. The summed E-state index contributed by atoms with van der Waals surface area (Å²) < 4.78 is 0. The summed E-state index contributed by atoms with van der Waals surface area (Å²) in [5, 5.41) is 9.70. The molecule has 2 heterocycles. The van der Waals surface area contributed by atoms with Crippen LogP contribution in [-0.4, -0.2) is 13.6 Å². The molecule has 74 valence electrons.